The maximum absolute atomic E-state index is 2.43. The summed E-state index contributed by atoms with van der Waals surface area (Å²) in [7, 11) is 0. The van der Waals surface area contributed by atoms with E-state index < -0.39 is 0 Å². The number of fused-ring (bicyclic) bond motifs is 1. The highest BCUT2D eigenvalue weighted by molar-refractivity contribution is 4.94. The fraction of sp³-hybridized carbons (Fsp3) is 1.00. The van der Waals surface area contributed by atoms with Gasteiger partial charge in [-0.2, -0.15) is 0 Å². The van der Waals surface area contributed by atoms with Crippen LogP contribution in [0.15, 0.2) is 0 Å². The summed E-state index contributed by atoms with van der Waals surface area (Å²) in [5, 5.41) is 0. The summed E-state index contributed by atoms with van der Waals surface area (Å²) in [6, 6.07) is 0. The molecule has 0 heterocycles. The van der Waals surface area contributed by atoms with Crippen LogP contribution in [0.1, 0.15) is 33.1 Å². The molecule has 0 N–H and O–H groups in total. The summed E-state index contributed by atoms with van der Waals surface area (Å²) in [5.74, 6) is 4.40. The molecule has 0 nitrogen and oxygen atoms in total. The lowest BCUT2D eigenvalue weighted by atomic mass is 9.84. The molecular formula is C9H16. The van der Waals surface area contributed by atoms with Crippen molar-refractivity contribution in [2.45, 2.75) is 33.1 Å². The molecule has 0 bridgehead atoms. The van der Waals surface area contributed by atoms with E-state index in [2.05, 4.69) is 13.8 Å². The molecule has 0 spiro atoms. The van der Waals surface area contributed by atoms with Crippen LogP contribution in [0.25, 0.3) is 0 Å². The average molecular weight is 124 g/mol. The molecule has 2 aliphatic rings. The van der Waals surface area contributed by atoms with E-state index in [1.54, 1.807) is 6.42 Å². The summed E-state index contributed by atoms with van der Waals surface area (Å²) in [6.07, 6.45) is 4.60. The third-order valence-corrected chi connectivity index (χ3v) is 3.19. The lowest BCUT2D eigenvalue weighted by Crippen LogP contribution is -2.12. The molecule has 0 aromatic carbocycles. The largest absolute Gasteiger partial charge is 0.0625 e. The van der Waals surface area contributed by atoms with Crippen molar-refractivity contribution in [3.05, 3.63) is 0 Å². The van der Waals surface area contributed by atoms with E-state index >= 15 is 0 Å². The molecule has 0 aliphatic heterocycles. The maximum atomic E-state index is 2.43. The van der Waals surface area contributed by atoms with Crippen molar-refractivity contribution in [2.24, 2.45) is 23.7 Å². The Morgan fingerprint density at radius 1 is 1.00 bits per heavy atom. The molecule has 0 aromatic rings. The molecule has 9 heavy (non-hydrogen) atoms. The third kappa shape index (κ3) is 0.889. The summed E-state index contributed by atoms with van der Waals surface area (Å²) >= 11 is 0. The summed E-state index contributed by atoms with van der Waals surface area (Å²) < 4.78 is 0. The van der Waals surface area contributed by atoms with Gasteiger partial charge in [-0.05, 0) is 42.9 Å². The average Bonchev–Trinajstić information content (AvgIpc) is 2.43. The summed E-state index contributed by atoms with van der Waals surface area (Å²) in [5.41, 5.74) is 0. The van der Waals surface area contributed by atoms with E-state index in [0.29, 0.717) is 0 Å². The van der Waals surface area contributed by atoms with Gasteiger partial charge in [-0.25, -0.2) is 0 Å². The van der Waals surface area contributed by atoms with Gasteiger partial charge in [0.1, 0.15) is 0 Å². The first-order chi connectivity index (χ1) is 4.27. The lowest BCUT2D eigenvalue weighted by Gasteiger charge is -2.22. The van der Waals surface area contributed by atoms with Gasteiger partial charge in [0.15, 0.2) is 0 Å². The smallest absolute Gasteiger partial charge is 0.0357 e. The van der Waals surface area contributed by atoms with Gasteiger partial charge in [0.05, 0.1) is 0 Å². The zero-order chi connectivity index (χ0) is 6.43. The SMILES string of the molecule is CC1CC(C)C2CC2C1. The highest BCUT2D eigenvalue weighted by Crippen LogP contribution is 2.54. The van der Waals surface area contributed by atoms with E-state index in [1.165, 1.54) is 12.8 Å². The number of rotatable bonds is 0. The van der Waals surface area contributed by atoms with E-state index in [0.717, 1.165) is 23.7 Å². The molecule has 0 saturated heterocycles. The predicted molar refractivity (Wildman–Crippen MR) is 39.2 cm³/mol. The van der Waals surface area contributed by atoms with Crippen LogP contribution in [0.2, 0.25) is 0 Å². The van der Waals surface area contributed by atoms with Gasteiger partial charge in [-0.3, -0.25) is 0 Å². The van der Waals surface area contributed by atoms with Crippen molar-refractivity contribution < 1.29 is 0 Å². The molecule has 4 unspecified atom stereocenters. The molecule has 0 aromatic heterocycles. The Bertz CT molecular complexity index is 117. The number of hydrogen-bond acceptors (Lipinski definition) is 0. The van der Waals surface area contributed by atoms with Crippen LogP contribution < -0.4 is 0 Å². The fourth-order valence-corrected chi connectivity index (χ4v) is 2.66. The quantitative estimate of drug-likeness (QED) is 0.465. The number of hydrogen-bond donors (Lipinski definition) is 0. The van der Waals surface area contributed by atoms with Gasteiger partial charge in [0.2, 0.25) is 0 Å². The van der Waals surface area contributed by atoms with Crippen molar-refractivity contribution in [2.75, 3.05) is 0 Å². The van der Waals surface area contributed by atoms with Crippen molar-refractivity contribution in [1.29, 1.82) is 0 Å². The zero-order valence-corrected chi connectivity index (χ0v) is 6.43. The maximum Gasteiger partial charge on any atom is -0.0357 e. The monoisotopic (exact) mass is 124 g/mol. The van der Waals surface area contributed by atoms with Crippen LogP contribution in [-0.4, -0.2) is 0 Å². The zero-order valence-electron chi connectivity index (χ0n) is 6.43. The van der Waals surface area contributed by atoms with Crippen molar-refractivity contribution in [1.82, 2.24) is 0 Å². The Labute approximate surface area is 57.6 Å². The van der Waals surface area contributed by atoms with E-state index in [-0.39, 0.29) is 0 Å². The minimum Gasteiger partial charge on any atom is -0.0625 e. The highest BCUT2D eigenvalue weighted by Gasteiger charge is 2.44. The molecular weight excluding hydrogens is 108 g/mol. The fourth-order valence-electron chi connectivity index (χ4n) is 2.66. The Balaban J connectivity index is 1.99. The Morgan fingerprint density at radius 2 is 1.78 bits per heavy atom. The first kappa shape index (κ1) is 5.76. The second-order valence-electron chi connectivity index (χ2n) is 4.21. The second kappa shape index (κ2) is 1.74. The van der Waals surface area contributed by atoms with Gasteiger partial charge >= 0.3 is 0 Å². The van der Waals surface area contributed by atoms with Gasteiger partial charge in [0, 0.05) is 0 Å². The summed E-state index contributed by atoms with van der Waals surface area (Å²) in [4.78, 5) is 0. The van der Waals surface area contributed by atoms with Crippen LogP contribution in [-0.2, 0) is 0 Å². The molecule has 0 heteroatoms. The van der Waals surface area contributed by atoms with E-state index in [4.69, 9.17) is 0 Å². The highest BCUT2D eigenvalue weighted by atomic mass is 14.5. The first-order valence-electron chi connectivity index (χ1n) is 4.27. The van der Waals surface area contributed by atoms with Crippen LogP contribution in [0, 0.1) is 23.7 Å². The molecule has 0 amide bonds. The molecule has 2 saturated carbocycles. The molecule has 0 radical (unpaired) electrons. The Morgan fingerprint density at radius 3 is 2.44 bits per heavy atom. The van der Waals surface area contributed by atoms with Crippen LogP contribution in [0.3, 0.4) is 0 Å². The van der Waals surface area contributed by atoms with Crippen molar-refractivity contribution >= 4 is 0 Å². The van der Waals surface area contributed by atoms with Gasteiger partial charge in [-0.1, -0.05) is 13.8 Å². The minimum absolute atomic E-state index is 1.03. The molecule has 2 rings (SSSR count). The lowest BCUT2D eigenvalue weighted by molar-refractivity contribution is 0.284. The Kier molecular flexibility index (Phi) is 1.12. The molecule has 52 valence electrons. The first-order valence-corrected chi connectivity index (χ1v) is 4.27. The van der Waals surface area contributed by atoms with Crippen LogP contribution >= 0.6 is 0 Å². The van der Waals surface area contributed by atoms with Crippen LogP contribution in [0.4, 0.5) is 0 Å². The van der Waals surface area contributed by atoms with Crippen molar-refractivity contribution in [3.63, 3.8) is 0 Å². The van der Waals surface area contributed by atoms with Crippen molar-refractivity contribution in [3.8, 4) is 0 Å². The Hall–Kier alpha value is 0. The standard InChI is InChI=1S/C9H16/c1-6-3-7(2)9-5-8(9)4-6/h6-9H,3-5H2,1-2H3. The third-order valence-electron chi connectivity index (χ3n) is 3.19. The van der Waals surface area contributed by atoms with E-state index in [9.17, 15) is 0 Å². The molecule has 2 fully saturated rings. The van der Waals surface area contributed by atoms with Gasteiger partial charge in [-0.15, -0.1) is 0 Å². The second-order valence-corrected chi connectivity index (χ2v) is 4.21. The normalized spacial score (nSPS) is 56.7. The van der Waals surface area contributed by atoms with Crippen LogP contribution in [0.5, 0.6) is 0 Å². The minimum atomic E-state index is 1.03. The van der Waals surface area contributed by atoms with E-state index in [1.807, 2.05) is 0 Å². The molecule has 4 atom stereocenters. The summed E-state index contributed by atoms with van der Waals surface area (Å²) in [6.45, 7) is 4.84. The predicted octanol–water partition coefficient (Wildman–Crippen LogP) is 2.69. The molecule has 2 aliphatic carbocycles. The topological polar surface area (TPSA) is 0 Å². The van der Waals surface area contributed by atoms with Gasteiger partial charge < -0.3 is 0 Å². The van der Waals surface area contributed by atoms with Gasteiger partial charge in [0.25, 0.3) is 0 Å².